The van der Waals surface area contributed by atoms with Crippen molar-refractivity contribution in [3.8, 4) is 0 Å². The van der Waals surface area contributed by atoms with E-state index in [9.17, 15) is 18.0 Å². The van der Waals surface area contributed by atoms with E-state index in [1.54, 1.807) is 38.1 Å². The van der Waals surface area contributed by atoms with Crippen molar-refractivity contribution in [3.05, 3.63) is 63.1 Å². The zero-order valence-electron chi connectivity index (χ0n) is 23.1. The van der Waals surface area contributed by atoms with E-state index >= 15 is 0 Å². The molecule has 0 bridgehead atoms. The second-order valence-corrected chi connectivity index (χ2v) is 12.4. The van der Waals surface area contributed by atoms with E-state index in [2.05, 4.69) is 5.32 Å². The lowest BCUT2D eigenvalue weighted by molar-refractivity contribution is -0.140. The Bertz CT molecular complexity index is 1230. The van der Waals surface area contributed by atoms with Gasteiger partial charge in [-0.15, -0.1) is 0 Å². The van der Waals surface area contributed by atoms with Crippen LogP contribution in [0.3, 0.4) is 0 Å². The number of carbonyl (C=O) groups excluding carboxylic acids is 2. The number of hydrogen-bond acceptors (Lipinski definition) is 4. The first-order valence-corrected chi connectivity index (χ1v) is 14.7. The van der Waals surface area contributed by atoms with Gasteiger partial charge in [-0.05, 0) is 62.9 Å². The van der Waals surface area contributed by atoms with Gasteiger partial charge in [0.15, 0.2) is 0 Å². The molecule has 11 heteroatoms. The van der Waals surface area contributed by atoms with Gasteiger partial charge in [-0.25, -0.2) is 4.31 Å². The summed E-state index contributed by atoms with van der Waals surface area (Å²) < 4.78 is 29.0. The summed E-state index contributed by atoms with van der Waals surface area (Å²) in [5, 5.41) is 3.64. The number of amides is 2. The lowest BCUT2D eigenvalue weighted by Gasteiger charge is -2.35. The zero-order chi connectivity index (χ0) is 28.8. The second-order valence-electron chi connectivity index (χ2n) is 9.55. The highest BCUT2D eigenvalue weighted by Gasteiger charge is 2.35. The number of carbonyl (C=O) groups is 2. The molecule has 0 unspecified atom stereocenters. The van der Waals surface area contributed by atoms with Gasteiger partial charge in [0.2, 0.25) is 11.8 Å². The molecule has 0 fully saturated rings. The smallest absolute Gasteiger partial charge is 0.304 e. The summed E-state index contributed by atoms with van der Waals surface area (Å²) in [6, 6.07) is 9.45. The highest BCUT2D eigenvalue weighted by molar-refractivity contribution is 7.90. The van der Waals surface area contributed by atoms with Crippen LogP contribution in [0.2, 0.25) is 10.0 Å². The molecule has 0 aliphatic heterocycles. The molecule has 8 nitrogen and oxygen atoms in total. The highest BCUT2D eigenvalue weighted by Crippen LogP contribution is 2.29. The van der Waals surface area contributed by atoms with Gasteiger partial charge in [-0.2, -0.15) is 12.7 Å². The lowest BCUT2D eigenvalue weighted by atomic mass is 10.1. The minimum Gasteiger partial charge on any atom is -0.352 e. The fraction of sp³-hybridized carbons (Fsp3) is 0.481. The molecule has 210 valence electrons. The molecule has 0 saturated carbocycles. The van der Waals surface area contributed by atoms with Crippen molar-refractivity contribution in [2.75, 3.05) is 24.9 Å². The molecule has 0 saturated heterocycles. The molecule has 1 N–H and O–H groups in total. The predicted octanol–water partition coefficient (Wildman–Crippen LogP) is 4.95. The fourth-order valence-corrected chi connectivity index (χ4v) is 5.53. The van der Waals surface area contributed by atoms with Crippen LogP contribution in [0.5, 0.6) is 0 Å². The third-order valence-corrected chi connectivity index (χ3v) is 8.94. The number of rotatable bonds is 12. The lowest BCUT2D eigenvalue weighted by Crippen LogP contribution is -2.54. The minimum absolute atomic E-state index is 0.0631. The maximum Gasteiger partial charge on any atom is 0.304 e. The third kappa shape index (κ3) is 7.62. The van der Waals surface area contributed by atoms with E-state index < -0.39 is 28.7 Å². The van der Waals surface area contributed by atoms with Crippen molar-refractivity contribution in [2.45, 2.75) is 66.1 Å². The molecule has 2 aromatic rings. The minimum atomic E-state index is -4.06. The van der Waals surface area contributed by atoms with E-state index in [4.69, 9.17) is 23.2 Å². The normalized spacial score (nSPS) is 13.2. The quantitative estimate of drug-likeness (QED) is 0.382. The van der Waals surface area contributed by atoms with Crippen molar-refractivity contribution < 1.29 is 18.0 Å². The Morgan fingerprint density at radius 3 is 2.13 bits per heavy atom. The second kappa shape index (κ2) is 13.6. The molecular weight excluding hydrogens is 547 g/mol. The van der Waals surface area contributed by atoms with E-state index in [1.807, 2.05) is 32.9 Å². The molecule has 2 atom stereocenters. The number of aryl methyl sites for hydroxylation is 2. The van der Waals surface area contributed by atoms with E-state index in [0.717, 1.165) is 14.2 Å². The van der Waals surface area contributed by atoms with Gasteiger partial charge in [-0.3, -0.25) is 9.59 Å². The first-order valence-electron chi connectivity index (χ1n) is 12.5. The number of benzene rings is 2. The number of anilines is 1. The third-order valence-electron chi connectivity index (χ3n) is 6.43. The standard InChI is InChI=1S/C27H38Cl2N4O4S/c1-8-20(5)30-27(35)24(9-2)32(16-21-22(28)11-10-12-23(21)29)26(34)17-33(38(36,37)31(6)7)25-15-18(3)13-14-19(25)4/h10-15,20,24H,8-9,16-17H2,1-7H3,(H,30,35)/t20-,24-/m1/s1. The Morgan fingerprint density at radius 2 is 1.61 bits per heavy atom. The summed E-state index contributed by atoms with van der Waals surface area (Å²) in [5.74, 6) is -0.884. The summed E-state index contributed by atoms with van der Waals surface area (Å²) in [6.07, 6.45) is 1.02. The molecular formula is C27H38Cl2N4O4S. The Kier molecular flexibility index (Phi) is 11.4. The zero-order valence-corrected chi connectivity index (χ0v) is 25.4. The molecule has 2 aromatic carbocycles. The van der Waals surface area contributed by atoms with Gasteiger partial charge in [0.05, 0.1) is 5.69 Å². The van der Waals surface area contributed by atoms with Crippen LogP contribution in [0.25, 0.3) is 0 Å². The Labute approximate surface area is 237 Å². The van der Waals surface area contributed by atoms with E-state index in [0.29, 0.717) is 39.7 Å². The van der Waals surface area contributed by atoms with Crippen LogP contribution in [0.15, 0.2) is 36.4 Å². The monoisotopic (exact) mass is 584 g/mol. The largest absolute Gasteiger partial charge is 0.352 e. The molecule has 0 aliphatic rings. The van der Waals surface area contributed by atoms with Crippen LogP contribution < -0.4 is 9.62 Å². The van der Waals surface area contributed by atoms with Crippen molar-refractivity contribution in [3.63, 3.8) is 0 Å². The van der Waals surface area contributed by atoms with Gasteiger partial charge in [0, 0.05) is 42.3 Å². The van der Waals surface area contributed by atoms with Gasteiger partial charge in [-0.1, -0.05) is 55.2 Å². The van der Waals surface area contributed by atoms with Crippen molar-refractivity contribution in [2.24, 2.45) is 0 Å². The van der Waals surface area contributed by atoms with Crippen LogP contribution in [-0.2, 0) is 26.3 Å². The molecule has 2 rings (SSSR count). The number of nitrogens with zero attached hydrogens (tertiary/aromatic N) is 3. The maximum atomic E-state index is 14.0. The summed E-state index contributed by atoms with van der Waals surface area (Å²) in [5.41, 5.74) is 2.40. The van der Waals surface area contributed by atoms with Gasteiger partial charge in [0.25, 0.3) is 0 Å². The van der Waals surface area contributed by atoms with Crippen molar-refractivity contribution in [1.82, 2.24) is 14.5 Å². The molecule has 2 amide bonds. The average Bonchev–Trinajstić information content (AvgIpc) is 2.85. The molecule has 0 aromatic heterocycles. The maximum absolute atomic E-state index is 14.0. The first kappa shape index (κ1) is 31.9. The first-order chi connectivity index (χ1) is 17.7. The van der Waals surface area contributed by atoms with Crippen LogP contribution in [0, 0.1) is 13.8 Å². The molecule has 0 spiro atoms. The Balaban J connectivity index is 2.62. The number of halogens is 2. The average molecular weight is 586 g/mol. The summed E-state index contributed by atoms with van der Waals surface area (Å²) in [7, 11) is -1.24. The molecule has 38 heavy (non-hydrogen) atoms. The summed E-state index contributed by atoms with van der Waals surface area (Å²) >= 11 is 12.9. The van der Waals surface area contributed by atoms with Crippen LogP contribution >= 0.6 is 23.2 Å². The number of hydrogen-bond donors (Lipinski definition) is 1. The van der Waals surface area contributed by atoms with Gasteiger partial charge >= 0.3 is 10.2 Å². The Morgan fingerprint density at radius 1 is 1.00 bits per heavy atom. The van der Waals surface area contributed by atoms with Crippen molar-refractivity contribution in [1.29, 1.82) is 0 Å². The fourth-order valence-electron chi connectivity index (χ4n) is 3.90. The van der Waals surface area contributed by atoms with E-state index in [-0.39, 0.29) is 18.5 Å². The highest BCUT2D eigenvalue weighted by atomic mass is 35.5. The topological polar surface area (TPSA) is 90.0 Å². The predicted molar refractivity (Wildman–Crippen MR) is 155 cm³/mol. The van der Waals surface area contributed by atoms with Crippen LogP contribution in [0.4, 0.5) is 5.69 Å². The number of nitrogens with one attached hydrogen (secondary N) is 1. The van der Waals surface area contributed by atoms with Crippen LogP contribution in [0.1, 0.15) is 50.3 Å². The summed E-state index contributed by atoms with van der Waals surface area (Å²) in [6.45, 7) is 8.69. The van der Waals surface area contributed by atoms with Crippen LogP contribution in [-0.4, -0.2) is 62.2 Å². The Hall–Kier alpha value is -2.33. The van der Waals surface area contributed by atoms with Crippen molar-refractivity contribution >= 4 is 50.9 Å². The van der Waals surface area contributed by atoms with E-state index in [1.165, 1.54) is 19.0 Å². The van der Waals surface area contributed by atoms with Gasteiger partial charge < -0.3 is 10.2 Å². The molecule has 0 aliphatic carbocycles. The van der Waals surface area contributed by atoms with Gasteiger partial charge in [0.1, 0.15) is 12.6 Å². The SMILES string of the molecule is CC[C@@H](C)NC(=O)[C@@H](CC)N(Cc1c(Cl)cccc1Cl)C(=O)CN(c1cc(C)ccc1C)S(=O)(=O)N(C)C. The summed E-state index contributed by atoms with van der Waals surface area (Å²) in [4.78, 5) is 28.7. The molecule has 0 heterocycles. The molecule has 0 radical (unpaired) electrons.